The number of allylic oxidation sites excluding steroid dienone is 3. The molecule has 6 nitrogen and oxygen atoms in total. The minimum absolute atomic E-state index is 0.0527. The van der Waals surface area contributed by atoms with Crippen LogP contribution in [0.4, 0.5) is 0 Å². The Labute approximate surface area is 219 Å². The van der Waals surface area contributed by atoms with Gasteiger partial charge in [-0.2, -0.15) is 0 Å². The molecule has 3 heterocycles. The molecule has 188 valence electrons. The van der Waals surface area contributed by atoms with Crippen LogP contribution in [0.1, 0.15) is 47.6 Å². The van der Waals surface area contributed by atoms with Crippen molar-refractivity contribution in [2.75, 3.05) is 13.4 Å². The van der Waals surface area contributed by atoms with Crippen LogP contribution in [0.5, 0.6) is 11.5 Å². The number of fused-ring (bicyclic) bond motifs is 1. The number of thiophene rings is 1. The molecule has 0 fully saturated rings. The lowest BCUT2D eigenvalue weighted by Crippen LogP contribution is -2.36. The van der Waals surface area contributed by atoms with Crippen molar-refractivity contribution in [1.82, 2.24) is 5.32 Å². The van der Waals surface area contributed by atoms with Gasteiger partial charge >= 0.3 is 5.97 Å². The zero-order chi connectivity index (χ0) is 25.4. The molecule has 3 aliphatic rings. The number of carbonyl (C=O) groups is 2. The summed E-state index contributed by atoms with van der Waals surface area (Å²) in [6.07, 6.45) is 1.75. The monoisotopic (exact) mass is 513 g/mol. The highest BCUT2D eigenvalue weighted by Gasteiger charge is 2.42. The molecular formula is C30H27NO5S. The van der Waals surface area contributed by atoms with Crippen LogP contribution in [0.25, 0.3) is 0 Å². The number of hydrogen-bond acceptors (Lipinski definition) is 7. The van der Waals surface area contributed by atoms with Gasteiger partial charge in [-0.1, -0.05) is 42.5 Å². The van der Waals surface area contributed by atoms with Crippen molar-refractivity contribution < 1.29 is 23.8 Å². The predicted octanol–water partition coefficient (Wildman–Crippen LogP) is 5.62. The van der Waals surface area contributed by atoms with Crippen LogP contribution < -0.4 is 14.8 Å². The summed E-state index contributed by atoms with van der Waals surface area (Å²) in [4.78, 5) is 28.4. The molecule has 1 N–H and O–H groups in total. The number of rotatable bonds is 6. The second-order valence-electron chi connectivity index (χ2n) is 9.52. The van der Waals surface area contributed by atoms with Crippen LogP contribution in [0, 0.1) is 0 Å². The summed E-state index contributed by atoms with van der Waals surface area (Å²) in [7, 11) is 0. The standard InChI is InChI=1S/C30H27NO5S/c1-18-27(30(33)34-12-11-19-6-3-2-4-7-19)28(20-9-10-24-25(16-20)36-17-35-24)29-22(31-18)14-21(15-23(29)32)26-8-5-13-37-26/h2-10,13,16,21,28,31H,11-12,14-15,17H2,1H3/t21-,28+/m0/s1. The first-order valence-electron chi connectivity index (χ1n) is 12.5. The minimum Gasteiger partial charge on any atom is -0.462 e. The molecule has 37 heavy (non-hydrogen) atoms. The van der Waals surface area contributed by atoms with Gasteiger partial charge in [0.05, 0.1) is 12.2 Å². The second-order valence-corrected chi connectivity index (χ2v) is 10.5. The Morgan fingerprint density at radius 1 is 1.05 bits per heavy atom. The Morgan fingerprint density at radius 2 is 1.89 bits per heavy atom. The number of carbonyl (C=O) groups excluding carboxylic acids is 2. The van der Waals surface area contributed by atoms with Crippen LogP contribution in [-0.2, 0) is 20.7 Å². The maximum atomic E-state index is 13.7. The third kappa shape index (κ3) is 4.55. The van der Waals surface area contributed by atoms with Crippen molar-refractivity contribution in [2.24, 2.45) is 0 Å². The molecule has 2 aliphatic heterocycles. The summed E-state index contributed by atoms with van der Waals surface area (Å²) in [5.41, 5.74) is 4.62. The molecule has 2 aromatic carbocycles. The molecule has 6 rings (SSSR count). The molecule has 2 atom stereocenters. The lowest BCUT2D eigenvalue weighted by molar-refractivity contribution is -0.139. The van der Waals surface area contributed by atoms with Gasteiger partial charge < -0.3 is 19.5 Å². The fourth-order valence-corrected chi connectivity index (χ4v) is 6.27. The number of nitrogens with one attached hydrogen (secondary N) is 1. The van der Waals surface area contributed by atoms with Gasteiger partial charge in [0, 0.05) is 46.5 Å². The zero-order valence-electron chi connectivity index (χ0n) is 20.5. The molecule has 0 saturated carbocycles. The van der Waals surface area contributed by atoms with Crippen LogP contribution in [-0.4, -0.2) is 25.2 Å². The van der Waals surface area contributed by atoms with Gasteiger partial charge in [-0.25, -0.2) is 4.79 Å². The van der Waals surface area contributed by atoms with Crippen molar-refractivity contribution in [1.29, 1.82) is 0 Å². The molecule has 0 saturated heterocycles. The summed E-state index contributed by atoms with van der Waals surface area (Å²) in [6, 6.07) is 19.7. The first-order chi connectivity index (χ1) is 18.1. The topological polar surface area (TPSA) is 73.9 Å². The van der Waals surface area contributed by atoms with Gasteiger partial charge in [-0.05, 0) is 48.1 Å². The van der Waals surface area contributed by atoms with Gasteiger partial charge in [-0.3, -0.25) is 4.79 Å². The Hall–Kier alpha value is -3.84. The van der Waals surface area contributed by atoms with E-state index in [-0.39, 0.29) is 25.1 Å². The molecule has 0 amide bonds. The average molecular weight is 514 g/mol. The Kier molecular flexibility index (Phi) is 6.30. The van der Waals surface area contributed by atoms with E-state index in [1.165, 1.54) is 4.88 Å². The van der Waals surface area contributed by atoms with Crippen molar-refractivity contribution in [3.63, 3.8) is 0 Å². The third-order valence-corrected chi connectivity index (χ3v) is 8.22. The lowest BCUT2D eigenvalue weighted by Gasteiger charge is -2.36. The highest BCUT2D eigenvalue weighted by Crippen LogP contribution is 2.47. The molecule has 3 aromatic rings. The number of benzene rings is 2. The molecular weight excluding hydrogens is 486 g/mol. The largest absolute Gasteiger partial charge is 0.462 e. The van der Waals surface area contributed by atoms with Crippen LogP contribution >= 0.6 is 11.3 Å². The van der Waals surface area contributed by atoms with E-state index in [2.05, 4.69) is 11.4 Å². The smallest absolute Gasteiger partial charge is 0.336 e. The van der Waals surface area contributed by atoms with E-state index in [0.717, 1.165) is 23.2 Å². The molecule has 0 bridgehead atoms. The quantitative estimate of drug-likeness (QED) is 0.431. The SMILES string of the molecule is CC1=C(C(=O)OCCc2ccccc2)[C@@H](c2ccc3c(c2)OCO3)C2=C(C[C@H](c3cccs3)CC2=O)N1. The predicted molar refractivity (Wildman–Crippen MR) is 141 cm³/mol. The van der Waals surface area contributed by atoms with Crippen molar-refractivity contribution in [2.45, 2.75) is 38.0 Å². The van der Waals surface area contributed by atoms with Crippen LogP contribution in [0.15, 0.2) is 88.6 Å². The first kappa shape index (κ1) is 23.6. The Balaban J connectivity index is 1.34. The van der Waals surface area contributed by atoms with Crippen LogP contribution in [0.3, 0.4) is 0 Å². The van der Waals surface area contributed by atoms with Gasteiger partial charge in [0.25, 0.3) is 0 Å². The third-order valence-electron chi connectivity index (χ3n) is 7.19. The van der Waals surface area contributed by atoms with Crippen molar-refractivity contribution in [3.8, 4) is 11.5 Å². The Morgan fingerprint density at radius 3 is 2.70 bits per heavy atom. The van der Waals surface area contributed by atoms with E-state index < -0.39 is 11.9 Å². The second kappa shape index (κ2) is 9.90. The first-order valence-corrected chi connectivity index (χ1v) is 13.3. The number of hydrogen-bond donors (Lipinski definition) is 1. The number of ether oxygens (including phenoxy) is 3. The molecule has 0 spiro atoms. The fourth-order valence-electron chi connectivity index (χ4n) is 5.44. The molecule has 0 unspecified atom stereocenters. The van der Waals surface area contributed by atoms with E-state index in [4.69, 9.17) is 14.2 Å². The van der Waals surface area contributed by atoms with E-state index in [1.54, 1.807) is 11.3 Å². The molecule has 0 radical (unpaired) electrons. The minimum atomic E-state index is -0.535. The normalized spacial score (nSPS) is 20.5. The van der Waals surface area contributed by atoms with Gasteiger partial charge in [0.2, 0.25) is 6.79 Å². The van der Waals surface area contributed by atoms with E-state index >= 15 is 0 Å². The number of ketones is 1. The van der Waals surface area contributed by atoms with Crippen molar-refractivity contribution >= 4 is 23.1 Å². The number of dihydropyridines is 1. The highest BCUT2D eigenvalue weighted by molar-refractivity contribution is 7.10. The summed E-state index contributed by atoms with van der Waals surface area (Å²) in [5.74, 6) is 0.509. The van der Waals surface area contributed by atoms with Gasteiger partial charge in [0.1, 0.15) is 0 Å². The fraction of sp³-hybridized carbons (Fsp3) is 0.267. The van der Waals surface area contributed by atoms with Crippen LogP contribution in [0.2, 0.25) is 0 Å². The molecule has 1 aliphatic carbocycles. The van der Waals surface area contributed by atoms with Gasteiger partial charge in [0.15, 0.2) is 17.3 Å². The van der Waals surface area contributed by atoms with E-state index in [0.29, 0.717) is 41.2 Å². The molecule has 1 aromatic heterocycles. The summed E-state index contributed by atoms with van der Waals surface area (Å²) < 4.78 is 16.9. The highest BCUT2D eigenvalue weighted by atomic mass is 32.1. The number of esters is 1. The zero-order valence-corrected chi connectivity index (χ0v) is 21.3. The van der Waals surface area contributed by atoms with Crippen molar-refractivity contribution in [3.05, 3.63) is 105 Å². The maximum absolute atomic E-state index is 13.7. The number of Topliss-reactive ketones (excluding diaryl/α,β-unsaturated/α-hetero) is 1. The van der Waals surface area contributed by atoms with Gasteiger partial charge in [-0.15, -0.1) is 11.3 Å². The Bertz CT molecular complexity index is 1410. The summed E-state index contributed by atoms with van der Waals surface area (Å²) in [5, 5.41) is 5.46. The summed E-state index contributed by atoms with van der Waals surface area (Å²) in [6.45, 7) is 2.30. The summed E-state index contributed by atoms with van der Waals surface area (Å²) >= 11 is 1.68. The van der Waals surface area contributed by atoms with E-state index in [1.807, 2.05) is 66.9 Å². The maximum Gasteiger partial charge on any atom is 0.336 e. The molecule has 7 heteroatoms. The average Bonchev–Trinajstić information content (AvgIpc) is 3.60. The van der Waals surface area contributed by atoms with E-state index in [9.17, 15) is 9.59 Å². The lowest BCUT2D eigenvalue weighted by atomic mass is 9.72.